The molecule has 0 aromatic carbocycles. The number of amides is 1. The molecule has 3 N–H and O–H groups in total. The second kappa shape index (κ2) is 8.77. The van der Waals surface area contributed by atoms with Gasteiger partial charge in [0.1, 0.15) is 5.56 Å². The number of hydrogen-bond acceptors (Lipinski definition) is 8. The number of nitrogens with two attached hydrogens (primary N) is 1. The Bertz CT molecular complexity index is 1170. The number of nitrogen functional groups attached to an aromatic ring is 1. The summed E-state index contributed by atoms with van der Waals surface area (Å²) < 4.78 is 1.41. The van der Waals surface area contributed by atoms with Crippen molar-refractivity contribution in [3.8, 4) is 0 Å². The lowest BCUT2D eigenvalue weighted by atomic mass is 9.96. The van der Waals surface area contributed by atoms with Crippen molar-refractivity contribution in [2.24, 2.45) is 0 Å². The van der Waals surface area contributed by atoms with Crippen molar-refractivity contribution in [3.63, 3.8) is 0 Å². The van der Waals surface area contributed by atoms with Crippen LogP contribution in [0.15, 0.2) is 30.9 Å². The van der Waals surface area contributed by atoms with Crippen LogP contribution < -0.4 is 16.0 Å². The molecule has 11 heteroatoms. The summed E-state index contributed by atoms with van der Waals surface area (Å²) >= 11 is 5.98. The van der Waals surface area contributed by atoms with Gasteiger partial charge >= 0.3 is 0 Å². The predicted molar refractivity (Wildman–Crippen MR) is 129 cm³/mol. The van der Waals surface area contributed by atoms with E-state index in [-0.39, 0.29) is 17.3 Å². The van der Waals surface area contributed by atoms with E-state index in [2.05, 4.69) is 49.2 Å². The van der Waals surface area contributed by atoms with Gasteiger partial charge in [0.2, 0.25) is 0 Å². The Labute approximate surface area is 197 Å². The van der Waals surface area contributed by atoms with E-state index in [1.54, 1.807) is 18.6 Å². The van der Waals surface area contributed by atoms with Gasteiger partial charge in [0, 0.05) is 50.7 Å². The number of aromatic nitrogens is 4. The summed E-state index contributed by atoms with van der Waals surface area (Å²) in [6.45, 7) is 4.16. The lowest BCUT2D eigenvalue weighted by Crippen LogP contribution is -2.62. The lowest BCUT2D eigenvalue weighted by molar-refractivity contribution is 0.0188. The predicted octanol–water partition coefficient (Wildman–Crippen LogP) is 1.83. The number of likely N-dealkylation sites (N-methyl/N-ethyl adjacent to an activating group) is 1. The van der Waals surface area contributed by atoms with Gasteiger partial charge in [-0.3, -0.25) is 14.7 Å². The standard InChI is InChI=1S/C22H28ClN9O/c1-29(2)16-12-31(13-16)15-4-7-30(8-5-15)18-3-6-25-10-17(18)27-22(33)19-20(24)28-32-11-14(23)9-26-21(19)32/h3,6,9-11,15-16H,4-5,7-8,12-13H2,1-2H3,(H2,24,28)(H,27,33). The van der Waals surface area contributed by atoms with Crippen LogP contribution in [-0.2, 0) is 0 Å². The third kappa shape index (κ3) is 4.21. The number of hydrogen-bond donors (Lipinski definition) is 2. The number of nitrogens with one attached hydrogen (secondary N) is 1. The van der Waals surface area contributed by atoms with Crippen LogP contribution in [0.4, 0.5) is 17.2 Å². The van der Waals surface area contributed by atoms with E-state index < -0.39 is 0 Å². The Kier molecular flexibility index (Phi) is 5.81. The largest absolute Gasteiger partial charge is 0.381 e. The van der Waals surface area contributed by atoms with Crippen molar-refractivity contribution in [2.45, 2.75) is 24.9 Å². The third-order valence-corrected chi connectivity index (χ3v) is 6.88. The highest BCUT2D eigenvalue weighted by Crippen LogP contribution is 2.31. The Hall–Kier alpha value is -2.95. The molecule has 1 amide bonds. The van der Waals surface area contributed by atoms with Gasteiger partial charge in [0.25, 0.3) is 5.91 Å². The monoisotopic (exact) mass is 469 g/mol. The fourth-order valence-electron chi connectivity index (χ4n) is 4.68. The molecule has 0 spiro atoms. The molecule has 5 rings (SSSR count). The van der Waals surface area contributed by atoms with Gasteiger partial charge < -0.3 is 20.9 Å². The fraction of sp³-hybridized carbons (Fsp3) is 0.455. The van der Waals surface area contributed by atoms with E-state index in [9.17, 15) is 4.79 Å². The van der Waals surface area contributed by atoms with Gasteiger partial charge in [-0.1, -0.05) is 11.6 Å². The molecule has 174 valence electrons. The number of nitrogens with zero attached hydrogens (tertiary/aromatic N) is 7. The molecule has 2 fully saturated rings. The summed E-state index contributed by atoms with van der Waals surface area (Å²) in [4.78, 5) is 28.8. The Morgan fingerprint density at radius 1 is 1.24 bits per heavy atom. The van der Waals surface area contributed by atoms with Crippen LogP contribution >= 0.6 is 11.6 Å². The average Bonchev–Trinajstić information content (AvgIpc) is 3.08. The summed E-state index contributed by atoms with van der Waals surface area (Å²) in [7, 11) is 4.30. The van der Waals surface area contributed by atoms with Crippen LogP contribution in [0.5, 0.6) is 0 Å². The molecule has 0 saturated carbocycles. The normalized spacial score (nSPS) is 18.1. The molecule has 10 nitrogen and oxygen atoms in total. The first-order valence-corrected chi connectivity index (χ1v) is 11.5. The Morgan fingerprint density at radius 3 is 2.73 bits per heavy atom. The van der Waals surface area contributed by atoms with E-state index in [0.717, 1.165) is 44.7 Å². The number of piperidine rings is 1. The minimum Gasteiger partial charge on any atom is -0.381 e. The lowest BCUT2D eigenvalue weighted by Gasteiger charge is -2.49. The first-order chi connectivity index (χ1) is 15.9. The maximum Gasteiger partial charge on any atom is 0.263 e. The minimum absolute atomic E-state index is 0.0964. The smallest absolute Gasteiger partial charge is 0.263 e. The molecule has 0 aliphatic carbocycles. The molecule has 0 bridgehead atoms. The number of halogens is 1. The van der Waals surface area contributed by atoms with Crippen LogP contribution in [0.25, 0.3) is 5.65 Å². The van der Waals surface area contributed by atoms with Gasteiger partial charge in [0.15, 0.2) is 11.5 Å². The topological polar surface area (TPSA) is 108 Å². The van der Waals surface area contributed by atoms with E-state index in [4.69, 9.17) is 17.3 Å². The maximum absolute atomic E-state index is 13.1. The number of fused-ring (bicyclic) bond motifs is 1. The van der Waals surface area contributed by atoms with Crippen LogP contribution in [0.1, 0.15) is 23.2 Å². The number of anilines is 3. The van der Waals surface area contributed by atoms with Crippen molar-refractivity contribution in [2.75, 3.05) is 56.2 Å². The maximum atomic E-state index is 13.1. The van der Waals surface area contributed by atoms with E-state index in [0.29, 0.717) is 28.4 Å². The van der Waals surface area contributed by atoms with E-state index in [1.807, 2.05) is 6.07 Å². The van der Waals surface area contributed by atoms with Gasteiger partial charge in [-0.15, -0.1) is 5.10 Å². The highest BCUT2D eigenvalue weighted by Gasteiger charge is 2.35. The van der Waals surface area contributed by atoms with E-state index >= 15 is 0 Å². The Balaban J connectivity index is 1.28. The zero-order valence-electron chi connectivity index (χ0n) is 18.8. The molecular weight excluding hydrogens is 442 g/mol. The van der Waals surface area contributed by atoms with Crippen LogP contribution in [0.2, 0.25) is 5.02 Å². The van der Waals surface area contributed by atoms with Gasteiger partial charge in [0.05, 0.1) is 28.8 Å². The first kappa shape index (κ1) is 21.9. The summed E-state index contributed by atoms with van der Waals surface area (Å²) in [5, 5.41) is 7.53. The summed E-state index contributed by atoms with van der Waals surface area (Å²) in [6.07, 6.45) is 8.65. The van der Waals surface area contributed by atoms with Gasteiger partial charge in [-0.05, 0) is 33.0 Å². The molecule has 3 aromatic rings. The van der Waals surface area contributed by atoms with Crippen molar-refractivity contribution in [1.82, 2.24) is 29.4 Å². The zero-order chi connectivity index (χ0) is 23.1. The second-order valence-corrected chi connectivity index (χ2v) is 9.37. The zero-order valence-corrected chi connectivity index (χ0v) is 19.5. The van der Waals surface area contributed by atoms with Crippen molar-refractivity contribution in [3.05, 3.63) is 41.4 Å². The highest BCUT2D eigenvalue weighted by atomic mass is 35.5. The molecule has 2 aliphatic rings. The number of carbonyl (C=O) groups is 1. The SMILES string of the molecule is CN(C)C1CN(C2CCN(c3ccncc3NC(=O)c3c(N)nn4cc(Cl)cnc34)CC2)C1. The number of pyridine rings is 1. The molecule has 0 unspecified atom stereocenters. The summed E-state index contributed by atoms with van der Waals surface area (Å²) in [5.74, 6) is -0.282. The summed E-state index contributed by atoms with van der Waals surface area (Å²) in [6, 6.07) is 3.23. The number of rotatable bonds is 5. The number of likely N-dealkylation sites (tertiary alicyclic amines) is 1. The van der Waals surface area contributed by atoms with E-state index in [1.165, 1.54) is 10.7 Å². The second-order valence-electron chi connectivity index (χ2n) is 8.94. The average molecular weight is 470 g/mol. The quantitative estimate of drug-likeness (QED) is 0.582. The van der Waals surface area contributed by atoms with Crippen molar-refractivity contribution >= 4 is 40.3 Å². The third-order valence-electron chi connectivity index (χ3n) is 6.68. The molecular formula is C22H28ClN9O. The van der Waals surface area contributed by atoms with Crippen molar-refractivity contribution in [1.29, 1.82) is 0 Å². The molecule has 5 heterocycles. The van der Waals surface area contributed by atoms with Crippen LogP contribution in [-0.4, -0.2) is 87.6 Å². The Morgan fingerprint density at radius 2 is 2.00 bits per heavy atom. The molecule has 2 aliphatic heterocycles. The molecule has 0 radical (unpaired) electrons. The first-order valence-electron chi connectivity index (χ1n) is 11.1. The van der Waals surface area contributed by atoms with Crippen LogP contribution in [0, 0.1) is 0 Å². The van der Waals surface area contributed by atoms with Crippen molar-refractivity contribution < 1.29 is 4.79 Å². The minimum atomic E-state index is -0.378. The van der Waals surface area contributed by atoms with Gasteiger partial charge in [-0.25, -0.2) is 9.50 Å². The fourth-order valence-corrected chi connectivity index (χ4v) is 4.82. The highest BCUT2D eigenvalue weighted by molar-refractivity contribution is 6.30. The van der Waals surface area contributed by atoms with Gasteiger partial charge in [-0.2, -0.15) is 0 Å². The van der Waals surface area contributed by atoms with Crippen LogP contribution in [0.3, 0.4) is 0 Å². The number of carbonyl (C=O) groups excluding carboxylic acids is 1. The summed E-state index contributed by atoms with van der Waals surface area (Å²) in [5.41, 5.74) is 8.19. The molecule has 2 saturated heterocycles. The molecule has 3 aromatic heterocycles. The molecule has 0 atom stereocenters. The molecule has 33 heavy (non-hydrogen) atoms.